The quantitative estimate of drug-likeness (QED) is 0.408. The van der Waals surface area contributed by atoms with E-state index in [9.17, 15) is 9.59 Å². The summed E-state index contributed by atoms with van der Waals surface area (Å²) in [5.41, 5.74) is -5.02. The topological polar surface area (TPSA) is 104 Å². The molecule has 5 saturated heterocycles. The molecule has 126 valence electrons. The van der Waals surface area contributed by atoms with E-state index in [2.05, 4.69) is 21.3 Å². The molecule has 8 nitrogen and oxygen atoms in total. The van der Waals surface area contributed by atoms with Gasteiger partial charge in [-0.3, -0.25) is 9.59 Å². The fourth-order valence-corrected chi connectivity index (χ4v) is 4.72. The standard InChI is InChI=1S/C14H19FN4O4/c15-13-1-2-16-4-11(13,6-18-9(13)20)22-8-3-17-5-12-7-19-10(21)14(8,12)23-12/h8,16-17H,1-7H2,(H,18,20)(H,19,21). The molecule has 0 radical (unpaired) electrons. The molecule has 2 amide bonds. The number of morpholine rings is 1. The summed E-state index contributed by atoms with van der Waals surface area (Å²) < 4.78 is 27.4. The zero-order valence-electron chi connectivity index (χ0n) is 12.5. The molecule has 0 saturated carbocycles. The fourth-order valence-electron chi connectivity index (χ4n) is 4.72. The summed E-state index contributed by atoms with van der Waals surface area (Å²) in [4.78, 5) is 24.4. The third-order valence-corrected chi connectivity index (χ3v) is 6.10. The first kappa shape index (κ1) is 14.1. The molecule has 5 atom stereocenters. The molecule has 0 aromatic heterocycles. The van der Waals surface area contributed by atoms with E-state index >= 15 is 4.39 Å². The number of alkyl halides is 1. The van der Waals surface area contributed by atoms with Crippen LogP contribution < -0.4 is 21.3 Å². The molecule has 0 aliphatic carbocycles. The molecule has 5 fully saturated rings. The van der Waals surface area contributed by atoms with Gasteiger partial charge in [-0.15, -0.1) is 0 Å². The van der Waals surface area contributed by atoms with Crippen molar-refractivity contribution in [3.8, 4) is 0 Å². The first-order valence-electron chi connectivity index (χ1n) is 8.03. The third kappa shape index (κ3) is 1.41. The Morgan fingerprint density at radius 3 is 2.78 bits per heavy atom. The SMILES string of the molecule is O=C1NCC2(OC3CNCC45CNC(=O)C34O5)CNCCC12F. The molecule has 4 N–H and O–H groups in total. The lowest BCUT2D eigenvalue weighted by Crippen LogP contribution is -2.68. The van der Waals surface area contributed by atoms with Crippen LogP contribution in [0.2, 0.25) is 0 Å². The second-order valence-electron chi connectivity index (χ2n) is 7.16. The van der Waals surface area contributed by atoms with Crippen molar-refractivity contribution in [1.29, 1.82) is 0 Å². The van der Waals surface area contributed by atoms with E-state index in [1.54, 1.807) is 0 Å². The van der Waals surface area contributed by atoms with Crippen LogP contribution in [0.5, 0.6) is 0 Å². The van der Waals surface area contributed by atoms with E-state index in [0.29, 0.717) is 26.2 Å². The van der Waals surface area contributed by atoms with Crippen LogP contribution in [0, 0.1) is 0 Å². The van der Waals surface area contributed by atoms with Gasteiger partial charge in [0, 0.05) is 26.1 Å². The Hall–Kier alpha value is -1.29. The van der Waals surface area contributed by atoms with Crippen LogP contribution in [0.1, 0.15) is 6.42 Å². The zero-order chi connectivity index (χ0) is 15.9. The van der Waals surface area contributed by atoms with Crippen LogP contribution in [-0.4, -0.2) is 79.7 Å². The molecule has 5 rings (SSSR count). The monoisotopic (exact) mass is 326 g/mol. The smallest absolute Gasteiger partial charge is 0.261 e. The number of nitrogens with one attached hydrogen (secondary N) is 4. The number of fused-ring (bicyclic) bond motifs is 1. The number of amides is 2. The van der Waals surface area contributed by atoms with E-state index in [1.165, 1.54) is 0 Å². The van der Waals surface area contributed by atoms with E-state index < -0.39 is 34.5 Å². The van der Waals surface area contributed by atoms with Crippen molar-refractivity contribution < 1.29 is 23.5 Å². The average molecular weight is 326 g/mol. The van der Waals surface area contributed by atoms with Crippen molar-refractivity contribution in [2.75, 3.05) is 39.3 Å². The summed E-state index contributed by atoms with van der Waals surface area (Å²) in [6.07, 6.45) is -0.564. The van der Waals surface area contributed by atoms with Gasteiger partial charge in [0.05, 0.1) is 13.1 Å². The van der Waals surface area contributed by atoms with Gasteiger partial charge < -0.3 is 30.7 Å². The molecule has 5 aliphatic rings. The van der Waals surface area contributed by atoms with Crippen LogP contribution in [0.4, 0.5) is 4.39 Å². The molecule has 0 aromatic carbocycles. The van der Waals surface area contributed by atoms with E-state index in [0.717, 1.165) is 0 Å². The second-order valence-corrected chi connectivity index (χ2v) is 7.16. The van der Waals surface area contributed by atoms with Crippen LogP contribution in [0.25, 0.3) is 0 Å². The lowest BCUT2D eigenvalue weighted by Gasteiger charge is -2.44. The highest BCUT2D eigenvalue weighted by atomic mass is 19.1. The largest absolute Gasteiger partial charge is 0.360 e. The van der Waals surface area contributed by atoms with Gasteiger partial charge in [-0.1, -0.05) is 0 Å². The van der Waals surface area contributed by atoms with Crippen LogP contribution in [0.3, 0.4) is 0 Å². The van der Waals surface area contributed by atoms with Crippen molar-refractivity contribution >= 4 is 11.8 Å². The summed E-state index contributed by atoms with van der Waals surface area (Å²) in [6, 6.07) is 0. The summed E-state index contributed by atoms with van der Waals surface area (Å²) in [7, 11) is 0. The minimum absolute atomic E-state index is 0.0597. The van der Waals surface area contributed by atoms with Crippen molar-refractivity contribution in [2.45, 2.75) is 35.0 Å². The molecule has 9 heteroatoms. The third-order valence-electron chi connectivity index (χ3n) is 6.10. The molecular weight excluding hydrogens is 307 g/mol. The number of ether oxygens (including phenoxy) is 2. The Bertz CT molecular complexity index is 620. The predicted molar refractivity (Wildman–Crippen MR) is 74.4 cm³/mol. The van der Waals surface area contributed by atoms with Gasteiger partial charge in [0.15, 0.2) is 0 Å². The van der Waals surface area contributed by atoms with Gasteiger partial charge in [0.1, 0.15) is 17.3 Å². The maximum atomic E-state index is 15.4. The van der Waals surface area contributed by atoms with E-state index in [4.69, 9.17) is 9.47 Å². The van der Waals surface area contributed by atoms with Crippen LogP contribution >= 0.6 is 0 Å². The predicted octanol–water partition coefficient (Wildman–Crippen LogP) is -2.82. The van der Waals surface area contributed by atoms with Crippen LogP contribution in [0.15, 0.2) is 0 Å². The first-order valence-corrected chi connectivity index (χ1v) is 8.03. The van der Waals surface area contributed by atoms with E-state index in [1.807, 2.05) is 0 Å². The number of epoxide rings is 1. The highest BCUT2D eigenvalue weighted by Gasteiger charge is 2.84. The van der Waals surface area contributed by atoms with Gasteiger partial charge in [0.2, 0.25) is 11.3 Å². The van der Waals surface area contributed by atoms with Crippen molar-refractivity contribution in [3.05, 3.63) is 0 Å². The number of hydrogen-bond donors (Lipinski definition) is 4. The number of piperidine rings is 2. The Morgan fingerprint density at radius 2 is 1.91 bits per heavy atom. The highest BCUT2D eigenvalue weighted by Crippen LogP contribution is 2.57. The zero-order valence-corrected chi connectivity index (χ0v) is 12.5. The minimum Gasteiger partial charge on any atom is -0.360 e. The summed E-state index contributed by atoms with van der Waals surface area (Å²) >= 11 is 0. The van der Waals surface area contributed by atoms with E-state index in [-0.39, 0.29) is 25.4 Å². The number of carbonyl (C=O) groups excluding carboxylic acids is 2. The molecule has 23 heavy (non-hydrogen) atoms. The maximum absolute atomic E-state index is 15.4. The Kier molecular flexibility index (Phi) is 2.47. The number of hydrogen-bond acceptors (Lipinski definition) is 6. The second kappa shape index (κ2) is 4.02. The average Bonchev–Trinajstić information content (AvgIpc) is 3.07. The lowest BCUT2D eigenvalue weighted by atomic mass is 9.80. The van der Waals surface area contributed by atoms with Gasteiger partial charge in [-0.05, 0) is 6.54 Å². The summed E-state index contributed by atoms with van der Waals surface area (Å²) in [6.45, 7) is 2.13. The van der Waals surface area contributed by atoms with Gasteiger partial charge in [-0.25, -0.2) is 4.39 Å². The Morgan fingerprint density at radius 1 is 1.09 bits per heavy atom. The fraction of sp³-hybridized carbons (Fsp3) is 0.857. The van der Waals surface area contributed by atoms with Gasteiger partial charge in [-0.2, -0.15) is 0 Å². The molecule has 0 bridgehead atoms. The minimum atomic E-state index is -2.07. The number of carbonyl (C=O) groups is 2. The van der Waals surface area contributed by atoms with Crippen LogP contribution in [-0.2, 0) is 19.1 Å². The van der Waals surface area contributed by atoms with Crippen molar-refractivity contribution in [3.63, 3.8) is 0 Å². The van der Waals surface area contributed by atoms with Gasteiger partial charge >= 0.3 is 0 Å². The molecular formula is C14H19FN4O4. The molecule has 0 spiro atoms. The normalized spacial score (nSPS) is 53.9. The number of halogens is 1. The van der Waals surface area contributed by atoms with Gasteiger partial charge in [0.25, 0.3) is 11.8 Å². The Balaban J connectivity index is 1.49. The first-order chi connectivity index (χ1) is 11.0. The molecule has 5 heterocycles. The summed E-state index contributed by atoms with van der Waals surface area (Å²) in [5, 5.41) is 11.7. The Labute approximate surface area is 131 Å². The molecule has 0 aromatic rings. The maximum Gasteiger partial charge on any atom is 0.261 e. The molecule has 5 unspecified atom stereocenters. The van der Waals surface area contributed by atoms with Crippen molar-refractivity contribution in [1.82, 2.24) is 21.3 Å². The van der Waals surface area contributed by atoms with Crippen molar-refractivity contribution in [2.24, 2.45) is 0 Å². The lowest BCUT2D eigenvalue weighted by molar-refractivity contribution is -0.185. The number of rotatable bonds is 2. The highest BCUT2D eigenvalue weighted by molar-refractivity contribution is 5.95. The molecule has 5 aliphatic heterocycles. The summed E-state index contributed by atoms with van der Waals surface area (Å²) in [5.74, 6) is -0.829.